The standard InChI is InChI=1S/C18H25NS2/c1-4-12-19-18(14(3)21-17-7-6-13-20-17)16-10-8-15(5-2)9-11-16/h6-11,13-14,18-19H,4-5,12H2,1-3H3. The minimum absolute atomic E-state index is 0.406. The fourth-order valence-electron chi connectivity index (χ4n) is 2.40. The second kappa shape index (κ2) is 8.62. The molecule has 0 saturated carbocycles. The molecule has 2 atom stereocenters. The van der Waals surface area contributed by atoms with Gasteiger partial charge >= 0.3 is 0 Å². The fraction of sp³-hybridized carbons (Fsp3) is 0.444. The van der Waals surface area contributed by atoms with E-state index in [4.69, 9.17) is 0 Å². The van der Waals surface area contributed by atoms with Crippen LogP contribution in [0.3, 0.4) is 0 Å². The Labute approximate surface area is 137 Å². The van der Waals surface area contributed by atoms with E-state index in [-0.39, 0.29) is 0 Å². The maximum atomic E-state index is 3.72. The maximum absolute atomic E-state index is 3.72. The van der Waals surface area contributed by atoms with Crippen molar-refractivity contribution in [2.45, 2.75) is 49.1 Å². The molecular weight excluding hydrogens is 294 g/mol. The van der Waals surface area contributed by atoms with Gasteiger partial charge in [0.2, 0.25) is 0 Å². The molecule has 0 aliphatic rings. The van der Waals surface area contributed by atoms with Crippen molar-refractivity contribution in [2.75, 3.05) is 6.54 Å². The molecule has 3 heteroatoms. The average Bonchev–Trinajstić information content (AvgIpc) is 3.01. The summed E-state index contributed by atoms with van der Waals surface area (Å²) in [4.78, 5) is 0. The van der Waals surface area contributed by atoms with Gasteiger partial charge in [0, 0.05) is 11.3 Å². The van der Waals surface area contributed by atoms with Gasteiger partial charge in [0.25, 0.3) is 0 Å². The zero-order valence-corrected chi connectivity index (χ0v) is 14.8. The van der Waals surface area contributed by atoms with Crippen molar-refractivity contribution in [3.63, 3.8) is 0 Å². The van der Waals surface area contributed by atoms with Gasteiger partial charge in [0.15, 0.2) is 0 Å². The molecule has 21 heavy (non-hydrogen) atoms. The smallest absolute Gasteiger partial charge is 0.0601 e. The molecule has 114 valence electrons. The highest BCUT2D eigenvalue weighted by Crippen LogP contribution is 2.34. The lowest BCUT2D eigenvalue weighted by Gasteiger charge is -2.25. The van der Waals surface area contributed by atoms with Crippen molar-refractivity contribution in [3.05, 3.63) is 52.9 Å². The summed E-state index contributed by atoms with van der Waals surface area (Å²) in [5.74, 6) is 0. The largest absolute Gasteiger partial charge is 0.309 e. The molecule has 0 spiro atoms. The third kappa shape index (κ3) is 4.87. The Morgan fingerprint density at radius 2 is 1.90 bits per heavy atom. The van der Waals surface area contributed by atoms with Gasteiger partial charge in [-0.25, -0.2) is 0 Å². The summed E-state index contributed by atoms with van der Waals surface area (Å²) in [5, 5.41) is 6.39. The molecule has 1 aromatic heterocycles. The van der Waals surface area contributed by atoms with Crippen molar-refractivity contribution in [1.29, 1.82) is 0 Å². The Morgan fingerprint density at radius 1 is 1.14 bits per heavy atom. The van der Waals surface area contributed by atoms with Crippen molar-refractivity contribution in [1.82, 2.24) is 5.32 Å². The predicted molar refractivity (Wildman–Crippen MR) is 96.5 cm³/mol. The molecular formula is C18H25NS2. The summed E-state index contributed by atoms with van der Waals surface area (Å²) in [7, 11) is 0. The van der Waals surface area contributed by atoms with Gasteiger partial charge in [-0.1, -0.05) is 51.1 Å². The van der Waals surface area contributed by atoms with Crippen LogP contribution in [0.5, 0.6) is 0 Å². The van der Waals surface area contributed by atoms with E-state index in [1.54, 1.807) is 0 Å². The van der Waals surface area contributed by atoms with Gasteiger partial charge in [-0.2, -0.15) is 0 Å². The van der Waals surface area contributed by atoms with Crippen LogP contribution in [0.1, 0.15) is 44.4 Å². The monoisotopic (exact) mass is 319 g/mol. The highest BCUT2D eigenvalue weighted by atomic mass is 32.2. The topological polar surface area (TPSA) is 12.0 Å². The minimum atomic E-state index is 0.406. The van der Waals surface area contributed by atoms with Gasteiger partial charge in [-0.05, 0) is 42.0 Å². The lowest BCUT2D eigenvalue weighted by molar-refractivity contribution is 0.528. The summed E-state index contributed by atoms with van der Waals surface area (Å²) in [6.07, 6.45) is 2.27. The number of nitrogens with one attached hydrogen (secondary N) is 1. The molecule has 0 fully saturated rings. The summed E-state index contributed by atoms with van der Waals surface area (Å²) >= 11 is 3.80. The van der Waals surface area contributed by atoms with E-state index < -0.39 is 0 Å². The first-order chi connectivity index (χ1) is 10.2. The third-order valence-corrected chi connectivity index (χ3v) is 5.88. The van der Waals surface area contributed by atoms with Gasteiger partial charge in [-0.3, -0.25) is 0 Å². The SMILES string of the molecule is CCCNC(c1ccc(CC)cc1)C(C)Sc1cccs1. The molecule has 1 nitrogen and oxygen atoms in total. The number of aryl methyl sites for hydroxylation is 1. The molecule has 2 rings (SSSR count). The van der Waals surface area contributed by atoms with Crippen LogP contribution < -0.4 is 5.32 Å². The van der Waals surface area contributed by atoms with Crippen LogP contribution in [0.4, 0.5) is 0 Å². The number of thioether (sulfide) groups is 1. The van der Waals surface area contributed by atoms with Crippen LogP contribution in [0.15, 0.2) is 46.0 Å². The van der Waals surface area contributed by atoms with E-state index in [0.29, 0.717) is 11.3 Å². The van der Waals surface area contributed by atoms with E-state index in [2.05, 4.69) is 67.9 Å². The summed E-state index contributed by atoms with van der Waals surface area (Å²) in [5.41, 5.74) is 2.81. The van der Waals surface area contributed by atoms with Crippen LogP contribution >= 0.6 is 23.1 Å². The second-order valence-corrected chi connectivity index (χ2v) is 7.91. The summed E-state index contributed by atoms with van der Waals surface area (Å²) in [6.45, 7) is 7.82. The predicted octanol–water partition coefficient (Wildman–Crippen LogP) is 5.53. The van der Waals surface area contributed by atoms with E-state index in [1.807, 2.05) is 23.1 Å². The Hall–Kier alpha value is -0.770. The zero-order valence-electron chi connectivity index (χ0n) is 13.1. The van der Waals surface area contributed by atoms with Crippen molar-refractivity contribution >= 4 is 23.1 Å². The first kappa shape index (κ1) is 16.6. The van der Waals surface area contributed by atoms with Crippen molar-refractivity contribution in [3.8, 4) is 0 Å². The lowest BCUT2D eigenvalue weighted by Crippen LogP contribution is -2.29. The Morgan fingerprint density at radius 3 is 2.48 bits per heavy atom. The molecule has 0 bridgehead atoms. The fourth-order valence-corrected chi connectivity index (χ4v) is 4.60. The van der Waals surface area contributed by atoms with E-state index >= 15 is 0 Å². The normalized spacial score (nSPS) is 14.0. The maximum Gasteiger partial charge on any atom is 0.0601 e. The number of hydrogen-bond acceptors (Lipinski definition) is 3. The average molecular weight is 320 g/mol. The molecule has 0 aliphatic carbocycles. The summed E-state index contributed by atoms with van der Waals surface area (Å²) < 4.78 is 1.40. The highest BCUT2D eigenvalue weighted by Gasteiger charge is 2.20. The first-order valence-electron chi connectivity index (χ1n) is 7.77. The summed E-state index contributed by atoms with van der Waals surface area (Å²) in [6, 6.07) is 13.8. The molecule has 2 unspecified atom stereocenters. The van der Waals surface area contributed by atoms with Gasteiger partial charge in [0.1, 0.15) is 0 Å². The van der Waals surface area contributed by atoms with Crippen molar-refractivity contribution in [2.24, 2.45) is 0 Å². The van der Waals surface area contributed by atoms with Crippen LogP contribution in [0.2, 0.25) is 0 Å². The van der Waals surface area contributed by atoms with Gasteiger partial charge < -0.3 is 5.32 Å². The highest BCUT2D eigenvalue weighted by molar-refractivity contribution is 8.01. The molecule has 2 aromatic rings. The Balaban J connectivity index is 2.11. The Bertz CT molecular complexity index is 505. The van der Waals surface area contributed by atoms with E-state index in [1.165, 1.54) is 21.8 Å². The van der Waals surface area contributed by atoms with Crippen molar-refractivity contribution < 1.29 is 0 Å². The molecule has 1 heterocycles. The van der Waals surface area contributed by atoms with E-state index in [9.17, 15) is 0 Å². The number of benzene rings is 1. The molecule has 0 radical (unpaired) electrons. The first-order valence-corrected chi connectivity index (χ1v) is 9.53. The third-order valence-electron chi connectivity index (χ3n) is 3.63. The van der Waals surface area contributed by atoms with Gasteiger partial charge in [-0.15, -0.1) is 23.1 Å². The second-order valence-electron chi connectivity index (χ2n) is 5.28. The van der Waals surface area contributed by atoms with Crippen LogP contribution in [-0.4, -0.2) is 11.8 Å². The van der Waals surface area contributed by atoms with Gasteiger partial charge in [0.05, 0.1) is 4.21 Å². The molecule has 1 aromatic carbocycles. The molecule has 0 amide bonds. The number of hydrogen-bond donors (Lipinski definition) is 1. The van der Waals surface area contributed by atoms with E-state index in [0.717, 1.165) is 13.0 Å². The van der Waals surface area contributed by atoms with Crippen LogP contribution in [0.25, 0.3) is 0 Å². The van der Waals surface area contributed by atoms with Crippen LogP contribution in [0, 0.1) is 0 Å². The van der Waals surface area contributed by atoms with Crippen LogP contribution in [-0.2, 0) is 6.42 Å². The minimum Gasteiger partial charge on any atom is -0.309 e. The Kier molecular flexibility index (Phi) is 6.81. The lowest BCUT2D eigenvalue weighted by atomic mass is 10.0. The number of rotatable bonds is 8. The molecule has 1 N–H and O–H groups in total. The quantitative estimate of drug-likeness (QED) is 0.642. The molecule has 0 aliphatic heterocycles. The zero-order chi connectivity index (χ0) is 15.1. The molecule has 0 saturated heterocycles. The number of thiophene rings is 1.